The second kappa shape index (κ2) is 8.70. The van der Waals surface area contributed by atoms with E-state index in [1.165, 1.54) is 55.5 Å². The van der Waals surface area contributed by atoms with Crippen molar-refractivity contribution in [3.05, 3.63) is 108 Å². The molecule has 0 aromatic heterocycles. The van der Waals surface area contributed by atoms with Gasteiger partial charge >= 0.3 is 0 Å². The van der Waals surface area contributed by atoms with Crippen LogP contribution in [-0.4, -0.2) is 22.9 Å². The van der Waals surface area contributed by atoms with Crippen LogP contribution in [0, 0.1) is 0 Å². The van der Waals surface area contributed by atoms with Gasteiger partial charge in [0, 0.05) is 34.2 Å². The molecule has 0 amide bonds. The maximum atomic E-state index is 2.56. The van der Waals surface area contributed by atoms with E-state index < -0.39 is 0 Å². The van der Waals surface area contributed by atoms with Gasteiger partial charge in [0.15, 0.2) is 5.71 Å². The van der Waals surface area contributed by atoms with Crippen LogP contribution in [0.15, 0.2) is 96.7 Å². The molecule has 0 unspecified atom stereocenters. The summed E-state index contributed by atoms with van der Waals surface area (Å²) in [4.78, 5) is 2.56. The third kappa shape index (κ3) is 3.42. The van der Waals surface area contributed by atoms with Crippen LogP contribution in [0.3, 0.4) is 0 Å². The van der Waals surface area contributed by atoms with Crippen LogP contribution in [0.4, 0.5) is 11.4 Å². The minimum Gasteiger partial charge on any atom is -0.341 e. The van der Waals surface area contributed by atoms with Gasteiger partial charge in [0.05, 0.1) is 16.5 Å². The number of rotatable bonds is 4. The van der Waals surface area contributed by atoms with Crippen LogP contribution in [0.25, 0.3) is 21.5 Å². The van der Waals surface area contributed by atoms with Crippen LogP contribution in [-0.2, 0) is 10.8 Å². The van der Waals surface area contributed by atoms with E-state index in [4.69, 9.17) is 0 Å². The van der Waals surface area contributed by atoms with Crippen molar-refractivity contribution in [1.29, 1.82) is 0 Å². The molecule has 0 N–H and O–H groups in total. The van der Waals surface area contributed by atoms with E-state index in [9.17, 15) is 0 Å². The first-order valence-corrected chi connectivity index (χ1v) is 14.1. The number of hydrogen-bond donors (Lipinski definition) is 0. The molecule has 38 heavy (non-hydrogen) atoms. The molecule has 4 aromatic rings. The minimum atomic E-state index is -0.0759. The summed E-state index contributed by atoms with van der Waals surface area (Å²) in [5, 5.41) is 5.28. The molecular weight excluding hydrogens is 460 g/mol. The Bertz CT molecular complexity index is 1680. The fourth-order valence-electron chi connectivity index (χ4n) is 6.91. The van der Waals surface area contributed by atoms with E-state index in [0.29, 0.717) is 6.04 Å². The van der Waals surface area contributed by atoms with Gasteiger partial charge in [0.1, 0.15) is 6.54 Å². The number of anilines is 1. The molecule has 0 bridgehead atoms. The zero-order valence-corrected chi connectivity index (χ0v) is 23.8. The van der Waals surface area contributed by atoms with Crippen molar-refractivity contribution in [3.63, 3.8) is 0 Å². The quantitative estimate of drug-likeness (QED) is 0.254. The average molecular weight is 500 g/mol. The summed E-state index contributed by atoms with van der Waals surface area (Å²) < 4.78 is 2.52. The zero-order valence-electron chi connectivity index (χ0n) is 23.8. The van der Waals surface area contributed by atoms with Crippen molar-refractivity contribution in [3.8, 4) is 0 Å². The second-order valence-corrected chi connectivity index (χ2v) is 12.1. The van der Waals surface area contributed by atoms with Crippen LogP contribution in [0.1, 0.15) is 59.6 Å². The van der Waals surface area contributed by atoms with Gasteiger partial charge in [0.25, 0.3) is 0 Å². The molecule has 2 aliphatic rings. The number of benzene rings is 4. The Labute approximate surface area is 227 Å². The van der Waals surface area contributed by atoms with E-state index >= 15 is 0 Å². The Balaban J connectivity index is 1.48. The molecule has 2 nitrogen and oxygen atoms in total. The van der Waals surface area contributed by atoms with Crippen LogP contribution in [0.2, 0.25) is 0 Å². The number of nitrogens with zero attached hydrogens (tertiary/aromatic N) is 2. The Morgan fingerprint density at radius 1 is 0.763 bits per heavy atom. The number of hydrogen-bond acceptors (Lipinski definition) is 1. The van der Waals surface area contributed by atoms with Gasteiger partial charge in [0.2, 0.25) is 5.69 Å². The van der Waals surface area contributed by atoms with Crippen molar-refractivity contribution < 1.29 is 4.58 Å². The van der Waals surface area contributed by atoms with Gasteiger partial charge in [-0.05, 0) is 63.1 Å². The molecule has 6 rings (SSSR count). The molecule has 0 fully saturated rings. The normalized spacial score (nSPS) is 18.9. The van der Waals surface area contributed by atoms with E-state index in [1.54, 1.807) is 0 Å². The maximum absolute atomic E-state index is 2.56. The fraction of sp³-hybridized carbons (Fsp3) is 0.306. The third-order valence-electron chi connectivity index (χ3n) is 8.83. The lowest BCUT2D eigenvalue weighted by atomic mass is 9.80. The smallest absolute Gasteiger partial charge is 0.217 e. The van der Waals surface area contributed by atoms with E-state index in [2.05, 4.69) is 149 Å². The lowest BCUT2D eigenvalue weighted by molar-refractivity contribution is -0.431. The summed E-state index contributed by atoms with van der Waals surface area (Å²) in [6, 6.07) is 27.2. The SMILES string of the molecule is CC[N+]1=C(C=CC=C2N(C(C)C)c3c(ccc4ccccc34)C2(C)C)C(C)(C)c2ccc3ccccc3c21. The molecule has 0 aliphatic carbocycles. The topological polar surface area (TPSA) is 6.25 Å². The summed E-state index contributed by atoms with van der Waals surface area (Å²) in [6.45, 7) is 17.3. The van der Waals surface area contributed by atoms with Gasteiger partial charge in [-0.2, -0.15) is 4.58 Å². The van der Waals surface area contributed by atoms with Gasteiger partial charge in [-0.25, -0.2) is 0 Å². The lowest BCUT2D eigenvalue weighted by Gasteiger charge is -2.30. The third-order valence-corrected chi connectivity index (χ3v) is 8.83. The van der Waals surface area contributed by atoms with Gasteiger partial charge in [-0.15, -0.1) is 0 Å². The summed E-state index contributed by atoms with van der Waals surface area (Å²) in [7, 11) is 0. The average Bonchev–Trinajstić information content (AvgIpc) is 3.27. The zero-order chi connectivity index (χ0) is 26.8. The summed E-state index contributed by atoms with van der Waals surface area (Å²) in [6.07, 6.45) is 7.03. The van der Waals surface area contributed by atoms with Crippen molar-refractivity contribution >= 4 is 38.6 Å². The largest absolute Gasteiger partial charge is 0.341 e. The van der Waals surface area contributed by atoms with Crippen molar-refractivity contribution in [2.75, 3.05) is 11.4 Å². The molecular formula is C36H39N2+. The Kier molecular flexibility index (Phi) is 5.65. The van der Waals surface area contributed by atoms with Crippen LogP contribution < -0.4 is 4.90 Å². The highest BCUT2D eigenvalue weighted by atomic mass is 15.2. The lowest BCUT2D eigenvalue weighted by Crippen LogP contribution is -2.31. The van der Waals surface area contributed by atoms with Crippen LogP contribution in [0.5, 0.6) is 0 Å². The molecule has 2 aliphatic heterocycles. The van der Waals surface area contributed by atoms with Crippen molar-refractivity contribution in [2.24, 2.45) is 0 Å². The summed E-state index contributed by atoms with van der Waals surface area (Å²) >= 11 is 0. The van der Waals surface area contributed by atoms with Gasteiger partial charge in [-0.1, -0.05) is 86.7 Å². The molecule has 0 atom stereocenters. The first-order valence-electron chi connectivity index (χ1n) is 14.1. The molecule has 0 saturated heterocycles. The predicted octanol–water partition coefficient (Wildman–Crippen LogP) is 9.04. The maximum Gasteiger partial charge on any atom is 0.217 e. The molecule has 2 heterocycles. The standard InChI is InChI=1S/C36H39N2/c1-8-37-31(35(4,5)29-22-20-25-14-9-11-16-27(25)33(29)37)18-13-19-32-36(6,7)30-23-21-26-15-10-12-17-28(26)34(30)38(32)24(2)3/h9-24H,8H2,1-7H3/q+1. The van der Waals surface area contributed by atoms with E-state index in [1.807, 2.05) is 0 Å². The van der Waals surface area contributed by atoms with Crippen LogP contribution >= 0.6 is 0 Å². The summed E-state index contributed by atoms with van der Waals surface area (Å²) in [5.41, 5.74) is 8.13. The van der Waals surface area contributed by atoms with Crippen molar-refractivity contribution in [2.45, 2.75) is 65.3 Å². The minimum absolute atomic E-state index is 0.0630. The fourth-order valence-corrected chi connectivity index (χ4v) is 6.91. The van der Waals surface area contributed by atoms with E-state index in [-0.39, 0.29) is 10.8 Å². The Morgan fingerprint density at radius 2 is 1.37 bits per heavy atom. The molecule has 2 heteroatoms. The Morgan fingerprint density at radius 3 is 2.03 bits per heavy atom. The molecule has 192 valence electrons. The first-order chi connectivity index (χ1) is 18.2. The monoisotopic (exact) mass is 499 g/mol. The first kappa shape index (κ1) is 24.7. The molecule has 0 radical (unpaired) electrons. The van der Waals surface area contributed by atoms with Crippen molar-refractivity contribution in [1.82, 2.24) is 0 Å². The number of allylic oxidation sites excluding steroid dienone is 4. The highest BCUT2D eigenvalue weighted by molar-refractivity contribution is 6.07. The molecule has 0 saturated carbocycles. The predicted molar refractivity (Wildman–Crippen MR) is 164 cm³/mol. The van der Waals surface area contributed by atoms with Gasteiger partial charge in [-0.3, -0.25) is 0 Å². The summed E-state index contributed by atoms with van der Waals surface area (Å²) in [5.74, 6) is 0. The second-order valence-electron chi connectivity index (χ2n) is 12.1. The number of fused-ring (bicyclic) bond motifs is 6. The highest BCUT2D eigenvalue weighted by Crippen LogP contribution is 2.51. The van der Waals surface area contributed by atoms with Gasteiger partial charge < -0.3 is 4.90 Å². The Hall–Kier alpha value is -3.65. The molecule has 0 spiro atoms. The molecule has 4 aromatic carbocycles. The highest BCUT2D eigenvalue weighted by Gasteiger charge is 2.45. The van der Waals surface area contributed by atoms with E-state index in [0.717, 1.165) is 6.54 Å².